The Bertz CT molecular complexity index is 1090. The molecule has 0 aliphatic carbocycles. The molecule has 3 fully saturated rings. The number of tetrazole rings is 1. The van der Waals surface area contributed by atoms with Crippen LogP contribution in [0.2, 0.25) is 0 Å². The second kappa shape index (κ2) is 8.23. The number of nitrogens with zero attached hydrogens (tertiary/aromatic N) is 5. The van der Waals surface area contributed by atoms with Crippen molar-refractivity contribution in [3.8, 4) is 5.75 Å². The van der Waals surface area contributed by atoms with Crippen molar-refractivity contribution in [2.24, 2.45) is 0 Å². The first-order valence-electron chi connectivity index (χ1n) is 11.7. The van der Waals surface area contributed by atoms with Gasteiger partial charge in [-0.05, 0) is 51.8 Å². The van der Waals surface area contributed by atoms with E-state index in [1.807, 2.05) is 38.1 Å². The first kappa shape index (κ1) is 23.1. The molecule has 0 radical (unpaired) electrons. The van der Waals surface area contributed by atoms with E-state index < -0.39 is 17.7 Å². The van der Waals surface area contributed by atoms with E-state index in [0.717, 1.165) is 24.2 Å². The topological polar surface area (TPSA) is 116 Å². The summed E-state index contributed by atoms with van der Waals surface area (Å²) in [6.45, 7) is 10.8. The fourth-order valence-corrected chi connectivity index (χ4v) is 6.94. The minimum atomic E-state index is -0.692. The van der Waals surface area contributed by atoms with Crippen molar-refractivity contribution in [1.82, 2.24) is 35.7 Å². The number of aromatic amines is 1. The van der Waals surface area contributed by atoms with Crippen LogP contribution in [0.3, 0.4) is 0 Å². The van der Waals surface area contributed by atoms with Gasteiger partial charge in [-0.15, -0.1) is 22.0 Å². The molecule has 3 aliphatic heterocycles. The number of carbonyl (C=O) groups is 2. The van der Waals surface area contributed by atoms with Crippen LogP contribution in [0.4, 0.5) is 0 Å². The van der Waals surface area contributed by atoms with Gasteiger partial charge in [0.15, 0.2) is 5.82 Å². The Morgan fingerprint density at radius 1 is 1.18 bits per heavy atom. The molecular weight excluding hydrogens is 454 g/mol. The summed E-state index contributed by atoms with van der Waals surface area (Å²) < 4.78 is 5.53. The van der Waals surface area contributed by atoms with E-state index >= 15 is 0 Å². The van der Waals surface area contributed by atoms with Crippen molar-refractivity contribution in [3.63, 3.8) is 0 Å². The molecule has 3 aliphatic rings. The number of unbranched alkanes of at least 4 members (excludes halogenated alkanes) is 1. The lowest BCUT2D eigenvalue weighted by Gasteiger charge is -2.50. The third kappa shape index (κ3) is 3.56. The number of fused-ring (bicyclic) bond motifs is 1. The zero-order valence-electron chi connectivity index (χ0n) is 20.1. The monoisotopic (exact) mass is 485 g/mol. The summed E-state index contributed by atoms with van der Waals surface area (Å²) in [5.74, 6) is 1.06. The molecule has 10 nitrogen and oxygen atoms in total. The molecule has 0 bridgehead atoms. The number of carbonyl (C=O) groups excluding carboxylic acids is 2. The van der Waals surface area contributed by atoms with E-state index in [1.165, 1.54) is 0 Å². The van der Waals surface area contributed by atoms with Gasteiger partial charge in [0.2, 0.25) is 11.8 Å². The molecule has 2 aromatic rings. The maximum atomic E-state index is 13.7. The van der Waals surface area contributed by atoms with Gasteiger partial charge in [0, 0.05) is 4.75 Å². The molecule has 5 rings (SSSR count). The summed E-state index contributed by atoms with van der Waals surface area (Å²) in [6.07, 6.45) is 2.04. The summed E-state index contributed by atoms with van der Waals surface area (Å²) in [5.41, 5.74) is 0.143. The molecule has 3 saturated heterocycles. The van der Waals surface area contributed by atoms with E-state index in [4.69, 9.17) is 4.74 Å². The van der Waals surface area contributed by atoms with Gasteiger partial charge in [-0.25, -0.2) is 0 Å². The molecule has 182 valence electrons. The largest absolute Gasteiger partial charge is 0.494 e. The normalized spacial score (nSPS) is 29.3. The number of H-pyrrole nitrogens is 1. The minimum absolute atomic E-state index is 0.0848. The van der Waals surface area contributed by atoms with Crippen LogP contribution < -0.4 is 10.1 Å². The highest BCUT2D eigenvalue weighted by atomic mass is 32.2. The predicted molar refractivity (Wildman–Crippen MR) is 127 cm³/mol. The summed E-state index contributed by atoms with van der Waals surface area (Å²) in [7, 11) is 0. The number of ether oxygens (including phenoxy) is 1. The number of nitrogens with one attached hydrogen (secondary N) is 2. The lowest BCUT2D eigenvalue weighted by molar-refractivity contribution is -0.165. The summed E-state index contributed by atoms with van der Waals surface area (Å²) in [5, 5.41) is 17.7. The summed E-state index contributed by atoms with van der Waals surface area (Å²) >= 11 is 1.68. The van der Waals surface area contributed by atoms with Crippen LogP contribution in [0.5, 0.6) is 5.75 Å². The van der Waals surface area contributed by atoms with Crippen LogP contribution in [0, 0.1) is 0 Å². The van der Waals surface area contributed by atoms with Crippen molar-refractivity contribution in [2.45, 2.75) is 81.4 Å². The number of hydrogen-bond acceptors (Lipinski definition) is 8. The Morgan fingerprint density at radius 2 is 1.97 bits per heavy atom. The van der Waals surface area contributed by atoms with Crippen LogP contribution in [0.1, 0.15) is 70.9 Å². The van der Waals surface area contributed by atoms with Gasteiger partial charge in [-0.1, -0.05) is 30.7 Å². The Labute approximate surface area is 203 Å². The third-order valence-corrected chi connectivity index (χ3v) is 8.40. The molecule has 1 aromatic heterocycles. The third-order valence-electron chi connectivity index (χ3n) is 6.84. The Kier molecular flexibility index (Phi) is 5.59. The average molecular weight is 486 g/mol. The summed E-state index contributed by atoms with van der Waals surface area (Å²) in [6, 6.07) is 6.26. The molecule has 2 N–H and O–H groups in total. The molecule has 11 heteroatoms. The zero-order chi connectivity index (χ0) is 24.3. The number of amides is 2. The van der Waals surface area contributed by atoms with Gasteiger partial charge in [0.05, 0.1) is 12.3 Å². The van der Waals surface area contributed by atoms with Crippen molar-refractivity contribution >= 4 is 23.6 Å². The van der Waals surface area contributed by atoms with Gasteiger partial charge in [-0.2, -0.15) is 5.21 Å². The van der Waals surface area contributed by atoms with E-state index in [2.05, 4.69) is 46.7 Å². The molecule has 1 aromatic carbocycles. The first-order valence-corrected chi connectivity index (χ1v) is 12.6. The van der Waals surface area contributed by atoms with Crippen molar-refractivity contribution < 1.29 is 14.3 Å². The zero-order valence-corrected chi connectivity index (χ0v) is 20.9. The molecule has 0 spiro atoms. The van der Waals surface area contributed by atoms with Crippen LogP contribution in [0.15, 0.2) is 24.3 Å². The second-order valence-electron chi connectivity index (χ2n) is 10.1. The highest BCUT2D eigenvalue weighted by molar-refractivity contribution is 8.01. The van der Waals surface area contributed by atoms with Gasteiger partial charge < -0.3 is 14.5 Å². The lowest BCUT2D eigenvalue weighted by atomic mass is 9.93. The quantitative estimate of drug-likeness (QED) is 0.454. The standard InChI is InChI=1S/C23H31N7O3S/c1-6-7-11-33-14-10-8-9-13(12-14)15-19(31)30(23(4,5)24-15)16-20(32)29-17(18-25-27-28-26-18)22(2,3)34-21(16)29/h8-10,12,15-17,21,24H,6-7,11H2,1-5H3,(H,25,26,27,28)/t15?,16?,17?,21-/m1/s1. The smallest absolute Gasteiger partial charge is 0.250 e. The van der Waals surface area contributed by atoms with Gasteiger partial charge in [0.1, 0.15) is 29.2 Å². The van der Waals surface area contributed by atoms with E-state index in [0.29, 0.717) is 12.4 Å². The van der Waals surface area contributed by atoms with Crippen LogP contribution in [-0.4, -0.2) is 70.7 Å². The lowest BCUT2D eigenvalue weighted by Crippen LogP contribution is -2.71. The number of rotatable bonds is 7. The molecule has 3 unspecified atom stereocenters. The molecule has 4 heterocycles. The minimum Gasteiger partial charge on any atom is -0.494 e. The number of β-lactam (4-membered cyclic amide) rings is 1. The maximum absolute atomic E-state index is 13.7. The Morgan fingerprint density at radius 3 is 2.68 bits per heavy atom. The molecule has 2 amide bonds. The van der Waals surface area contributed by atoms with Crippen molar-refractivity contribution in [3.05, 3.63) is 35.7 Å². The number of aromatic nitrogens is 4. The first-order chi connectivity index (χ1) is 16.2. The molecule has 34 heavy (non-hydrogen) atoms. The van der Waals surface area contributed by atoms with Crippen molar-refractivity contribution in [1.29, 1.82) is 0 Å². The second-order valence-corrected chi connectivity index (χ2v) is 11.9. The van der Waals surface area contributed by atoms with E-state index in [-0.39, 0.29) is 28.0 Å². The summed E-state index contributed by atoms with van der Waals surface area (Å²) in [4.78, 5) is 30.8. The van der Waals surface area contributed by atoms with Crippen molar-refractivity contribution in [2.75, 3.05) is 6.61 Å². The van der Waals surface area contributed by atoms with Gasteiger partial charge >= 0.3 is 0 Å². The number of benzene rings is 1. The number of thioether (sulfide) groups is 1. The van der Waals surface area contributed by atoms with E-state index in [1.54, 1.807) is 21.6 Å². The van der Waals surface area contributed by atoms with Gasteiger partial charge in [0.25, 0.3) is 0 Å². The maximum Gasteiger partial charge on any atom is 0.250 e. The Balaban J connectivity index is 1.39. The van der Waals surface area contributed by atoms with Crippen LogP contribution in [0.25, 0.3) is 0 Å². The Hall–Kier alpha value is -2.66. The fraction of sp³-hybridized carbons (Fsp3) is 0.609. The fourth-order valence-electron chi connectivity index (χ4n) is 5.26. The molecule has 4 atom stereocenters. The SMILES string of the molecule is CCCCOc1cccc(C2NC(C)(C)N(C3C(=O)N4C(c5nn[nH]n5)C(C)(C)S[C@H]34)C2=O)c1. The van der Waals surface area contributed by atoms with Crippen LogP contribution in [-0.2, 0) is 9.59 Å². The van der Waals surface area contributed by atoms with E-state index in [9.17, 15) is 9.59 Å². The van der Waals surface area contributed by atoms with Crippen LogP contribution >= 0.6 is 11.8 Å². The highest BCUT2D eigenvalue weighted by Crippen LogP contribution is 2.58. The highest BCUT2D eigenvalue weighted by Gasteiger charge is 2.67. The van der Waals surface area contributed by atoms with Gasteiger partial charge in [-0.3, -0.25) is 14.9 Å². The average Bonchev–Trinajstić information content (AvgIpc) is 3.45. The predicted octanol–water partition coefficient (Wildman–Crippen LogP) is 2.39. The number of hydrogen-bond donors (Lipinski definition) is 2. The molecule has 0 saturated carbocycles. The molecular formula is C23H31N7O3S.